The van der Waals surface area contributed by atoms with Gasteiger partial charge in [0, 0.05) is 0 Å². The molecule has 0 radical (unpaired) electrons. The van der Waals surface area contributed by atoms with Crippen LogP contribution in [0.5, 0.6) is 0 Å². The third kappa shape index (κ3) is 3.37. The minimum Gasteiger partial charge on any atom is -0.152 e. The standard InChI is InChI=1S/C19H17ClS/c1-14-12-21-13-18(14)19(20)17-9-7-16(8-10-17)11-15-5-3-2-4-6-15/h2-10,12-13,19H,11H2,1H3. The maximum atomic E-state index is 6.60. The number of aryl methyl sites for hydroxylation is 1. The molecule has 0 saturated carbocycles. The fourth-order valence-corrected chi connectivity index (χ4v) is 3.78. The fourth-order valence-electron chi connectivity index (χ4n) is 2.45. The van der Waals surface area contributed by atoms with E-state index in [2.05, 4.69) is 66.2 Å². The van der Waals surface area contributed by atoms with E-state index in [0.717, 1.165) is 12.0 Å². The summed E-state index contributed by atoms with van der Waals surface area (Å²) in [5.74, 6) is 0. The Labute approximate surface area is 135 Å². The second-order valence-electron chi connectivity index (χ2n) is 5.28. The summed E-state index contributed by atoms with van der Waals surface area (Å²) in [6, 6.07) is 19.2. The van der Waals surface area contributed by atoms with Crippen LogP contribution in [0.3, 0.4) is 0 Å². The summed E-state index contributed by atoms with van der Waals surface area (Å²) in [6.07, 6.45) is 0.964. The third-order valence-corrected chi connectivity index (χ3v) is 5.06. The van der Waals surface area contributed by atoms with Gasteiger partial charge >= 0.3 is 0 Å². The highest BCUT2D eigenvalue weighted by atomic mass is 35.5. The van der Waals surface area contributed by atoms with Crippen LogP contribution < -0.4 is 0 Å². The van der Waals surface area contributed by atoms with Gasteiger partial charge in [0.25, 0.3) is 0 Å². The number of alkyl halides is 1. The molecule has 1 unspecified atom stereocenters. The minimum atomic E-state index is -0.0537. The molecular formula is C19H17ClS. The summed E-state index contributed by atoms with van der Waals surface area (Å²) >= 11 is 8.31. The average molecular weight is 313 g/mol. The van der Waals surface area contributed by atoms with E-state index >= 15 is 0 Å². The molecule has 0 saturated heterocycles. The summed E-state index contributed by atoms with van der Waals surface area (Å²) in [5, 5.41) is 4.24. The van der Waals surface area contributed by atoms with E-state index in [9.17, 15) is 0 Å². The van der Waals surface area contributed by atoms with Gasteiger partial charge in [0.1, 0.15) is 0 Å². The number of hydrogen-bond acceptors (Lipinski definition) is 1. The third-order valence-electron chi connectivity index (χ3n) is 3.69. The van der Waals surface area contributed by atoms with E-state index < -0.39 is 0 Å². The molecule has 0 N–H and O–H groups in total. The Bertz CT molecular complexity index is 698. The van der Waals surface area contributed by atoms with Gasteiger partial charge in [-0.1, -0.05) is 54.6 Å². The fraction of sp³-hybridized carbons (Fsp3) is 0.158. The monoisotopic (exact) mass is 312 g/mol. The lowest BCUT2D eigenvalue weighted by Crippen LogP contribution is -1.94. The van der Waals surface area contributed by atoms with Gasteiger partial charge in [-0.2, -0.15) is 11.3 Å². The first kappa shape index (κ1) is 14.4. The maximum Gasteiger partial charge on any atom is 0.0846 e. The van der Waals surface area contributed by atoms with E-state index in [4.69, 9.17) is 11.6 Å². The first-order valence-corrected chi connectivity index (χ1v) is 8.41. The molecule has 2 heteroatoms. The SMILES string of the molecule is Cc1cscc1C(Cl)c1ccc(Cc2ccccc2)cc1. The zero-order valence-electron chi connectivity index (χ0n) is 11.9. The molecule has 0 spiro atoms. The highest BCUT2D eigenvalue weighted by Crippen LogP contribution is 2.33. The van der Waals surface area contributed by atoms with Crippen LogP contribution in [0.1, 0.15) is 33.2 Å². The molecule has 1 aromatic heterocycles. The molecule has 0 amide bonds. The van der Waals surface area contributed by atoms with Crippen molar-refractivity contribution >= 4 is 22.9 Å². The number of hydrogen-bond donors (Lipinski definition) is 0. The molecule has 1 atom stereocenters. The largest absolute Gasteiger partial charge is 0.152 e. The van der Waals surface area contributed by atoms with Crippen LogP contribution in [0, 0.1) is 6.92 Å². The van der Waals surface area contributed by atoms with Crippen molar-refractivity contribution in [2.45, 2.75) is 18.7 Å². The van der Waals surface area contributed by atoms with E-state index in [1.54, 1.807) is 11.3 Å². The van der Waals surface area contributed by atoms with Gasteiger partial charge in [-0.15, -0.1) is 11.6 Å². The summed E-state index contributed by atoms with van der Waals surface area (Å²) < 4.78 is 0. The number of halogens is 1. The molecule has 0 bridgehead atoms. The molecule has 1 heterocycles. The van der Waals surface area contributed by atoms with Gasteiger partial charge in [0.05, 0.1) is 5.38 Å². The number of thiophene rings is 1. The summed E-state index contributed by atoms with van der Waals surface area (Å²) in [6.45, 7) is 2.12. The zero-order valence-corrected chi connectivity index (χ0v) is 13.5. The van der Waals surface area contributed by atoms with Crippen LogP contribution >= 0.6 is 22.9 Å². The first-order chi connectivity index (χ1) is 10.2. The Kier molecular flexibility index (Phi) is 4.42. The van der Waals surface area contributed by atoms with Crippen LogP contribution in [0.15, 0.2) is 65.4 Å². The quantitative estimate of drug-likeness (QED) is 0.520. The Balaban J connectivity index is 1.77. The van der Waals surface area contributed by atoms with Crippen molar-refractivity contribution in [1.29, 1.82) is 0 Å². The van der Waals surface area contributed by atoms with Gasteiger partial charge in [0.15, 0.2) is 0 Å². The van der Waals surface area contributed by atoms with Gasteiger partial charge in [-0.25, -0.2) is 0 Å². The molecule has 106 valence electrons. The van der Waals surface area contributed by atoms with Crippen molar-refractivity contribution in [3.63, 3.8) is 0 Å². The zero-order chi connectivity index (χ0) is 14.7. The van der Waals surface area contributed by atoms with Crippen molar-refractivity contribution in [1.82, 2.24) is 0 Å². The van der Waals surface area contributed by atoms with Crippen molar-refractivity contribution in [2.75, 3.05) is 0 Å². The summed E-state index contributed by atoms with van der Waals surface area (Å²) in [5.41, 5.74) is 6.30. The molecule has 21 heavy (non-hydrogen) atoms. The van der Waals surface area contributed by atoms with Crippen molar-refractivity contribution < 1.29 is 0 Å². The maximum absolute atomic E-state index is 6.60. The highest BCUT2D eigenvalue weighted by Gasteiger charge is 2.13. The number of rotatable bonds is 4. The van der Waals surface area contributed by atoms with E-state index in [1.165, 1.54) is 22.3 Å². The summed E-state index contributed by atoms with van der Waals surface area (Å²) in [4.78, 5) is 0. The molecule has 3 rings (SSSR count). The Morgan fingerprint density at radius 1 is 0.905 bits per heavy atom. The number of benzene rings is 2. The second-order valence-corrected chi connectivity index (χ2v) is 6.46. The molecular weight excluding hydrogens is 296 g/mol. The van der Waals surface area contributed by atoms with Crippen molar-refractivity contribution in [3.05, 3.63) is 93.2 Å². The van der Waals surface area contributed by atoms with Gasteiger partial charge in [-0.3, -0.25) is 0 Å². The lowest BCUT2D eigenvalue weighted by atomic mass is 10.00. The molecule has 2 aromatic carbocycles. The van der Waals surface area contributed by atoms with Crippen LogP contribution in [0.25, 0.3) is 0 Å². The van der Waals surface area contributed by atoms with Crippen molar-refractivity contribution in [3.8, 4) is 0 Å². The van der Waals surface area contributed by atoms with Gasteiger partial charge in [0.2, 0.25) is 0 Å². The molecule has 0 fully saturated rings. The molecule has 0 aliphatic heterocycles. The smallest absolute Gasteiger partial charge is 0.0846 e. The van der Waals surface area contributed by atoms with Crippen LogP contribution in [0.4, 0.5) is 0 Å². The molecule has 0 aliphatic rings. The lowest BCUT2D eigenvalue weighted by Gasteiger charge is -2.11. The van der Waals surface area contributed by atoms with Crippen LogP contribution in [-0.2, 0) is 6.42 Å². The summed E-state index contributed by atoms with van der Waals surface area (Å²) in [7, 11) is 0. The Morgan fingerprint density at radius 3 is 2.19 bits per heavy atom. The van der Waals surface area contributed by atoms with E-state index in [1.807, 2.05) is 6.07 Å². The average Bonchev–Trinajstić information content (AvgIpc) is 2.94. The predicted octanol–water partition coefficient (Wildman–Crippen LogP) is 5.98. The minimum absolute atomic E-state index is 0.0537. The van der Waals surface area contributed by atoms with Gasteiger partial charge < -0.3 is 0 Å². The Hall–Kier alpha value is -1.57. The normalized spacial score (nSPS) is 12.3. The van der Waals surface area contributed by atoms with Crippen molar-refractivity contribution in [2.24, 2.45) is 0 Å². The Morgan fingerprint density at radius 2 is 1.57 bits per heavy atom. The topological polar surface area (TPSA) is 0 Å². The molecule has 3 aromatic rings. The predicted molar refractivity (Wildman–Crippen MR) is 92.4 cm³/mol. The van der Waals surface area contributed by atoms with Crippen LogP contribution in [0.2, 0.25) is 0 Å². The lowest BCUT2D eigenvalue weighted by molar-refractivity contribution is 1.11. The molecule has 0 nitrogen and oxygen atoms in total. The first-order valence-electron chi connectivity index (χ1n) is 7.03. The van der Waals surface area contributed by atoms with E-state index in [0.29, 0.717) is 0 Å². The van der Waals surface area contributed by atoms with Crippen LogP contribution in [-0.4, -0.2) is 0 Å². The highest BCUT2D eigenvalue weighted by molar-refractivity contribution is 7.08. The molecule has 0 aliphatic carbocycles. The van der Waals surface area contributed by atoms with Gasteiger partial charge in [-0.05, 0) is 51.9 Å². The van der Waals surface area contributed by atoms with E-state index in [-0.39, 0.29) is 5.38 Å². The second kappa shape index (κ2) is 6.46.